The molecule has 0 atom stereocenters. The van der Waals surface area contributed by atoms with Gasteiger partial charge in [-0.1, -0.05) is 18.2 Å². The van der Waals surface area contributed by atoms with Crippen LogP contribution in [0.25, 0.3) is 0 Å². The molecule has 0 saturated heterocycles. The first kappa shape index (κ1) is 16.7. The van der Waals surface area contributed by atoms with Crippen LogP contribution >= 0.6 is 0 Å². The van der Waals surface area contributed by atoms with Crippen LogP contribution in [-0.2, 0) is 6.54 Å². The summed E-state index contributed by atoms with van der Waals surface area (Å²) in [6, 6.07) is 11.5. The van der Waals surface area contributed by atoms with E-state index in [1.807, 2.05) is 0 Å². The average Bonchev–Trinajstić information content (AvgIpc) is 2.56. The van der Waals surface area contributed by atoms with Crippen LogP contribution in [0.5, 0.6) is 0 Å². The van der Waals surface area contributed by atoms with Crippen LogP contribution in [0, 0.1) is 12.7 Å². The quantitative estimate of drug-likeness (QED) is 0.943. The normalized spacial score (nSPS) is 10.3. The predicted molar refractivity (Wildman–Crippen MR) is 86.8 cm³/mol. The van der Waals surface area contributed by atoms with Gasteiger partial charge in [-0.2, -0.15) is 0 Å². The molecule has 0 radical (unpaired) electrons. The maximum Gasteiger partial charge on any atom is 0.253 e. The number of carbonyl (C=O) groups excluding carboxylic acids is 2. The number of nitrogens with one attached hydrogen (secondary N) is 1. The highest BCUT2D eigenvalue weighted by Crippen LogP contribution is 2.13. The van der Waals surface area contributed by atoms with Crippen molar-refractivity contribution >= 4 is 11.8 Å². The zero-order chi connectivity index (χ0) is 17.0. The first-order chi connectivity index (χ1) is 10.9. The van der Waals surface area contributed by atoms with Gasteiger partial charge in [-0.15, -0.1) is 0 Å². The van der Waals surface area contributed by atoms with E-state index >= 15 is 0 Å². The van der Waals surface area contributed by atoms with Crippen LogP contribution in [0.15, 0.2) is 42.5 Å². The summed E-state index contributed by atoms with van der Waals surface area (Å²) < 4.78 is 13.6. The molecule has 5 heteroatoms. The summed E-state index contributed by atoms with van der Waals surface area (Å²) in [6.07, 6.45) is 0. The number of halogens is 1. The lowest BCUT2D eigenvalue weighted by Crippen LogP contribution is -2.26. The molecule has 0 fully saturated rings. The smallest absolute Gasteiger partial charge is 0.253 e. The lowest BCUT2D eigenvalue weighted by molar-refractivity contribution is 0.0784. The van der Waals surface area contributed by atoms with E-state index in [-0.39, 0.29) is 17.6 Å². The van der Waals surface area contributed by atoms with Gasteiger partial charge in [-0.25, -0.2) is 4.39 Å². The topological polar surface area (TPSA) is 49.4 Å². The van der Waals surface area contributed by atoms with Gasteiger partial charge in [0.1, 0.15) is 5.82 Å². The molecule has 0 unspecified atom stereocenters. The molecule has 120 valence electrons. The summed E-state index contributed by atoms with van der Waals surface area (Å²) in [6.45, 7) is 2.03. The minimum absolute atomic E-state index is 0.156. The zero-order valence-electron chi connectivity index (χ0n) is 13.4. The lowest BCUT2D eigenvalue weighted by Gasteiger charge is -2.18. The third-order valence-electron chi connectivity index (χ3n) is 3.63. The van der Waals surface area contributed by atoms with Gasteiger partial charge in [-0.05, 0) is 42.3 Å². The number of rotatable bonds is 4. The fourth-order valence-electron chi connectivity index (χ4n) is 2.20. The van der Waals surface area contributed by atoms with Crippen LogP contribution in [0.4, 0.5) is 4.39 Å². The molecule has 0 aromatic heterocycles. The van der Waals surface area contributed by atoms with Crippen molar-refractivity contribution in [1.29, 1.82) is 0 Å². The van der Waals surface area contributed by atoms with Crippen LogP contribution in [0.2, 0.25) is 0 Å². The Morgan fingerprint density at radius 1 is 1.09 bits per heavy atom. The van der Waals surface area contributed by atoms with Crippen molar-refractivity contribution in [3.63, 3.8) is 0 Å². The monoisotopic (exact) mass is 314 g/mol. The molecule has 0 bridgehead atoms. The van der Waals surface area contributed by atoms with Gasteiger partial charge < -0.3 is 10.2 Å². The summed E-state index contributed by atoms with van der Waals surface area (Å²) in [4.78, 5) is 25.3. The number of aryl methyl sites for hydroxylation is 1. The van der Waals surface area contributed by atoms with Crippen LogP contribution < -0.4 is 5.32 Å². The fourth-order valence-corrected chi connectivity index (χ4v) is 2.20. The van der Waals surface area contributed by atoms with Crippen molar-refractivity contribution < 1.29 is 14.0 Å². The molecule has 2 rings (SSSR count). The Morgan fingerprint density at radius 2 is 1.70 bits per heavy atom. The first-order valence-electron chi connectivity index (χ1n) is 7.25. The third kappa shape index (κ3) is 3.94. The van der Waals surface area contributed by atoms with Crippen molar-refractivity contribution in [3.05, 3.63) is 70.5 Å². The van der Waals surface area contributed by atoms with E-state index in [0.717, 1.165) is 5.56 Å². The molecule has 4 nitrogen and oxygen atoms in total. The molecule has 0 aliphatic heterocycles. The minimum atomic E-state index is -0.390. The number of carbonyl (C=O) groups is 2. The Balaban J connectivity index is 2.08. The van der Waals surface area contributed by atoms with Gasteiger partial charge >= 0.3 is 0 Å². The third-order valence-corrected chi connectivity index (χ3v) is 3.63. The molecular formula is C18H19FN2O2. The molecular weight excluding hydrogens is 295 g/mol. The maximum absolute atomic E-state index is 13.6. The standard InChI is InChI=1S/C18H19FN2O2/c1-12-4-7-15(10-16(12)19)18(23)21(3)11-13-5-8-14(9-6-13)17(22)20-2/h4-10H,11H2,1-3H3,(H,20,22). The van der Waals surface area contributed by atoms with Crippen molar-refractivity contribution in [2.24, 2.45) is 0 Å². The maximum atomic E-state index is 13.6. The Morgan fingerprint density at radius 3 is 2.26 bits per heavy atom. The van der Waals surface area contributed by atoms with E-state index in [0.29, 0.717) is 23.2 Å². The SMILES string of the molecule is CNC(=O)c1ccc(CN(C)C(=O)c2ccc(C)c(F)c2)cc1. The summed E-state index contributed by atoms with van der Waals surface area (Å²) in [5.74, 6) is -0.797. The molecule has 0 heterocycles. The van der Waals surface area contributed by atoms with Crippen molar-refractivity contribution in [1.82, 2.24) is 10.2 Å². The number of hydrogen-bond donors (Lipinski definition) is 1. The molecule has 0 spiro atoms. The molecule has 1 N–H and O–H groups in total. The van der Waals surface area contributed by atoms with Crippen molar-refractivity contribution in [3.8, 4) is 0 Å². The molecule has 0 aliphatic rings. The second kappa shape index (κ2) is 7.05. The zero-order valence-corrected chi connectivity index (χ0v) is 13.4. The van der Waals surface area contributed by atoms with E-state index in [9.17, 15) is 14.0 Å². The number of benzene rings is 2. The van der Waals surface area contributed by atoms with Crippen LogP contribution in [0.3, 0.4) is 0 Å². The van der Waals surface area contributed by atoms with Crippen LogP contribution in [-0.4, -0.2) is 30.8 Å². The minimum Gasteiger partial charge on any atom is -0.355 e. The summed E-state index contributed by atoms with van der Waals surface area (Å²) in [5.41, 5.74) is 2.28. The predicted octanol–water partition coefficient (Wildman–Crippen LogP) is 2.77. The Bertz CT molecular complexity index is 726. The lowest BCUT2D eigenvalue weighted by atomic mass is 10.1. The highest BCUT2D eigenvalue weighted by Gasteiger charge is 2.14. The Hall–Kier alpha value is -2.69. The second-order valence-electron chi connectivity index (χ2n) is 5.40. The molecule has 23 heavy (non-hydrogen) atoms. The molecule has 2 aromatic carbocycles. The summed E-state index contributed by atoms with van der Waals surface area (Å²) >= 11 is 0. The second-order valence-corrected chi connectivity index (χ2v) is 5.40. The largest absolute Gasteiger partial charge is 0.355 e. The van der Waals surface area contributed by atoms with E-state index in [2.05, 4.69) is 5.32 Å². The van der Waals surface area contributed by atoms with E-state index in [4.69, 9.17) is 0 Å². The van der Waals surface area contributed by atoms with Gasteiger partial charge in [-0.3, -0.25) is 9.59 Å². The van der Waals surface area contributed by atoms with Crippen molar-refractivity contribution in [2.45, 2.75) is 13.5 Å². The van der Waals surface area contributed by atoms with Gasteiger partial charge in [0.2, 0.25) is 0 Å². The molecule has 0 aliphatic carbocycles. The highest BCUT2D eigenvalue weighted by molar-refractivity contribution is 5.94. The summed E-state index contributed by atoms with van der Waals surface area (Å²) in [5, 5.41) is 2.55. The van der Waals surface area contributed by atoms with E-state index in [1.54, 1.807) is 57.4 Å². The fraction of sp³-hybridized carbons (Fsp3) is 0.222. The van der Waals surface area contributed by atoms with Gasteiger partial charge in [0.15, 0.2) is 0 Å². The number of amides is 2. The van der Waals surface area contributed by atoms with Gasteiger partial charge in [0.05, 0.1) is 0 Å². The Kier molecular flexibility index (Phi) is 5.11. The summed E-state index contributed by atoms with van der Waals surface area (Å²) in [7, 11) is 3.23. The van der Waals surface area contributed by atoms with Crippen molar-refractivity contribution in [2.75, 3.05) is 14.1 Å². The molecule has 2 aromatic rings. The highest BCUT2D eigenvalue weighted by atomic mass is 19.1. The molecule has 0 saturated carbocycles. The van der Waals surface area contributed by atoms with E-state index < -0.39 is 0 Å². The van der Waals surface area contributed by atoms with Crippen LogP contribution in [0.1, 0.15) is 31.8 Å². The van der Waals surface area contributed by atoms with Gasteiger partial charge in [0, 0.05) is 31.8 Å². The number of hydrogen-bond acceptors (Lipinski definition) is 2. The Labute approximate surface area is 134 Å². The average molecular weight is 314 g/mol. The van der Waals surface area contributed by atoms with E-state index in [1.165, 1.54) is 11.0 Å². The first-order valence-corrected chi connectivity index (χ1v) is 7.25. The molecule has 2 amide bonds. The number of nitrogens with zero attached hydrogens (tertiary/aromatic N) is 1. The van der Waals surface area contributed by atoms with Gasteiger partial charge in [0.25, 0.3) is 11.8 Å².